The van der Waals surface area contributed by atoms with Gasteiger partial charge in [0.15, 0.2) is 5.78 Å². The van der Waals surface area contributed by atoms with Crippen molar-refractivity contribution in [2.75, 3.05) is 0 Å². The van der Waals surface area contributed by atoms with Crippen molar-refractivity contribution in [1.82, 2.24) is 4.98 Å². The van der Waals surface area contributed by atoms with Crippen LogP contribution in [0.3, 0.4) is 0 Å². The molecule has 1 aromatic heterocycles. The molecular weight excluding hydrogens is 362 g/mol. The maximum Gasteiger partial charge on any atom is 0.338 e. The third kappa shape index (κ3) is 2.90. The molecule has 6 atom stereocenters. The third-order valence-corrected chi connectivity index (χ3v) is 9.04. The molecular formula is C25H31NO3. The Bertz CT molecular complexity index is 862. The monoisotopic (exact) mass is 393 g/mol. The first-order chi connectivity index (χ1) is 13.9. The Morgan fingerprint density at radius 1 is 1.03 bits per heavy atom. The normalized spacial score (nSPS) is 41.0. The molecule has 3 fully saturated rings. The number of carbonyl (C=O) groups is 2. The summed E-state index contributed by atoms with van der Waals surface area (Å²) < 4.78 is 6.07. The molecule has 4 aliphatic rings. The van der Waals surface area contributed by atoms with Gasteiger partial charge in [0.2, 0.25) is 0 Å². The lowest BCUT2D eigenvalue weighted by molar-refractivity contribution is -0.118. The van der Waals surface area contributed by atoms with E-state index in [1.54, 1.807) is 24.5 Å². The molecule has 29 heavy (non-hydrogen) atoms. The highest BCUT2D eigenvalue weighted by Gasteiger charge is 2.59. The van der Waals surface area contributed by atoms with Crippen molar-refractivity contribution in [2.24, 2.45) is 28.6 Å². The molecule has 3 saturated carbocycles. The van der Waals surface area contributed by atoms with Gasteiger partial charge >= 0.3 is 5.97 Å². The van der Waals surface area contributed by atoms with Crippen LogP contribution in [0.25, 0.3) is 0 Å². The number of hydrogen-bond donors (Lipinski definition) is 0. The van der Waals surface area contributed by atoms with Gasteiger partial charge in [0.05, 0.1) is 5.56 Å². The summed E-state index contributed by atoms with van der Waals surface area (Å²) in [7, 11) is 0. The van der Waals surface area contributed by atoms with E-state index in [2.05, 4.69) is 18.8 Å². The van der Waals surface area contributed by atoms with Crippen LogP contribution in [-0.4, -0.2) is 22.8 Å². The van der Waals surface area contributed by atoms with Crippen molar-refractivity contribution >= 4 is 11.8 Å². The maximum atomic E-state index is 12.7. The van der Waals surface area contributed by atoms with E-state index in [0.717, 1.165) is 32.1 Å². The average molecular weight is 394 g/mol. The quantitative estimate of drug-likeness (QED) is 0.653. The fraction of sp³-hybridized carbons (Fsp3) is 0.640. The van der Waals surface area contributed by atoms with Crippen molar-refractivity contribution in [3.63, 3.8) is 0 Å². The largest absolute Gasteiger partial charge is 0.458 e. The summed E-state index contributed by atoms with van der Waals surface area (Å²) in [5.74, 6) is 2.08. The number of allylic oxidation sites excluding steroid dienone is 1. The van der Waals surface area contributed by atoms with Gasteiger partial charge in [-0.3, -0.25) is 9.78 Å². The van der Waals surface area contributed by atoms with Gasteiger partial charge in [0.1, 0.15) is 6.10 Å². The minimum atomic E-state index is -0.215. The minimum absolute atomic E-state index is 0.00629. The highest BCUT2D eigenvalue weighted by atomic mass is 16.5. The van der Waals surface area contributed by atoms with E-state index in [0.29, 0.717) is 35.5 Å². The van der Waals surface area contributed by atoms with Gasteiger partial charge in [0, 0.05) is 24.2 Å². The van der Waals surface area contributed by atoms with Gasteiger partial charge in [-0.1, -0.05) is 19.4 Å². The molecule has 154 valence electrons. The second-order valence-electron chi connectivity index (χ2n) is 10.2. The van der Waals surface area contributed by atoms with Crippen LogP contribution in [-0.2, 0) is 9.53 Å². The maximum absolute atomic E-state index is 12.7. The number of nitrogens with zero attached hydrogens (tertiary/aromatic N) is 1. The minimum Gasteiger partial charge on any atom is -0.458 e. The lowest BCUT2D eigenvalue weighted by Crippen LogP contribution is -2.51. The van der Waals surface area contributed by atoms with Crippen molar-refractivity contribution in [2.45, 2.75) is 71.3 Å². The van der Waals surface area contributed by atoms with Gasteiger partial charge < -0.3 is 4.74 Å². The molecule has 0 saturated heterocycles. The summed E-state index contributed by atoms with van der Waals surface area (Å²) in [6, 6.07) is 3.46. The summed E-state index contributed by atoms with van der Waals surface area (Å²) in [6.07, 6.45) is 13.7. The van der Waals surface area contributed by atoms with Gasteiger partial charge in [-0.15, -0.1) is 0 Å². The number of rotatable bonds is 2. The van der Waals surface area contributed by atoms with Crippen LogP contribution < -0.4 is 0 Å². The molecule has 0 N–H and O–H groups in total. The van der Waals surface area contributed by atoms with E-state index in [4.69, 9.17) is 4.74 Å². The molecule has 5 rings (SSSR count). The fourth-order valence-electron chi connectivity index (χ4n) is 7.39. The Balaban J connectivity index is 1.37. The number of aromatic nitrogens is 1. The Labute approximate surface area is 173 Å². The molecule has 0 aliphatic heterocycles. The van der Waals surface area contributed by atoms with Crippen LogP contribution >= 0.6 is 0 Å². The molecule has 0 aromatic carbocycles. The molecule has 0 unspecified atom stereocenters. The van der Waals surface area contributed by atoms with Gasteiger partial charge in [-0.25, -0.2) is 4.79 Å². The molecule has 4 aliphatic carbocycles. The zero-order chi connectivity index (χ0) is 20.2. The first kappa shape index (κ1) is 19.0. The first-order valence-corrected chi connectivity index (χ1v) is 11.3. The molecule has 1 heterocycles. The van der Waals surface area contributed by atoms with Crippen molar-refractivity contribution in [1.29, 1.82) is 0 Å². The molecule has 0 amide bonds. The second kappa shape index (κ2) is 6.78. The highest BCUT2D eigenvalue weighted by molar-refractivity contribution is 5.91. The summed E-state index contributed by atoms with van der Waals surface area (Å²) in [4.78, 5) is 28.7. The average Bonchev–Trinajstić information content (AvgIpc) is 3.05. The van der Waals surface area contributed by atoms with Crippen molar-refractivity contribution < 1.29 is 14.3 Å². The third-order valence-electron chi connectivity index (χ3n) is 9.04. The van der Waals surface area contributed by atoms with E-state index in [9.17, 15) is 9.59 Å². The SMILES string of the molecule is C[C@]12CC[C@H]3[C@@H](CCC4=CC(=O)CC[C@@]43C)[C@@H]1CC[C@@H]2OC(=O)c1ccncc1. The van der Waals surface area contributed by atoms with Crippen LogP contribution in [0.5, 0.6) is 0 Å². The van der Waals surface area contributed by atoms with E-state index in [-0.39, 0.29) is 22.9 Å². The molecule has 0 bridgehead atoms. The van der Waals surface area contributed by atoms with E-state index < -0.39 is 0 Å². The topological polar surface area (TPSA) is 56.3 Å². The standard InChI is InChI=1S/C25H31NO3/c1-24-11-7-18(27)15-17(24)3-4-19-20-5-6-22(25(20,2)12-8-21(19)24)29-23(28)16-9-13-26-14-10-16/h9-10,13-15,19-22H,3-8,11-12H2,1-2H3/t19-,20-,21-,22-,24-,25-/m0/s1. The summed E-state index contributed by atoms with van der Waals surface area (Å²) in [5.41, 5.74) is 2.28. The molecule has 4 heteroatoms. The van der Waals surface area contributed by atoms with Crippen LogP contribution in [0, 0.1) is 28.6 Å². The Morgan fingerprint density at radius 3 is 2.62 bits per heavy atom. The van der Waals surface area contributed by atoms with E-state index in [1.165, 1.54) is 18.4 Å². The number of fused-ring (bicyclic) bond motifs is 5. The van der Waals surface area contributed by atoms with E-state index in [1.807, 2.05) is 6.08 Å². The van der Waals surface area contributed by atoms with Gasteiger partial charge in [-0.05, 0) is 86.3 Å². The molecule has 0 spiro atoms. The number of ether oxygens (including phenoxy) is 1. The predicted molar refractivity (Wildman–Crippen MR) is 110 cm³/mol. The number of esters is 1. The predicted octanol–water partition coefficient (Wildman–Crippen LogP) is 5.14. The molecule has 4 nitrogen and oxygen atoms in total. The smallest absolute Gasteiger partial charge is 0.338 e. The number of carbonyl (C=O) groups excluding carboxylic acids is 2. The van der Waals surface area contributed by atoms with Crippen molar-refractivity contribution in [3.05, 3.63) is 41.7 Å². The van der Waals surface area contributed by atoms with Crippen LogP contribution in [0.4, 0.5) is 0 Å². The zero-order valence-corrected chi connectivity index (χ0v) is 17.5. The number of pyridine rings is 1. The Morgan fingerprint density at radius 2 is 1.83 bits per heavy atom. The Kier molecular flexibility index (Phi) is 4.45. The summed E-state index contributed by atoms with van der Waals surface area (Å²) in [5, 5.41) is 0. The van der Waals surface area contributed by atoms with Crippen LogP contribution in [0.15, 0.2) is 36.2 Å². The lowest BCUT2D eigenvalue weighted by atomic mass is 9.47. The second-order valence-corrected chi connectivity index (χ2v) is 10.2. The van der Waals surface area contributed by atoms with Crippen LogP contribution in [0.2, 0.25) is 0 Å². The number of hydrogen-bond acceptors (Lipinski definition) is 4. The summed E-state index contributed by atoms with van der Waals surface area (Å²) >= 11 is 0. The lowest BCUT2D eigenvalue weighted by Gasteiger charge is -2.57. The molecule has 1 aromatic rings. The van der Waals surface area contributed by atoms with Crippen molar-refractivity contribution in [3.8, 4) is 0 Å². The fourth-order valence-corrected chi connectivity index (χ4v) is 7.39. The first-order valence-electron chi connectivity index (χ1n) is 11.3. The Hall–Kier alpha value is -1.97. The zero-order valence-electron chi connectivity index (χ0n) is 17.5. The van der Waals surface area contributed by atoms with Crippen LogP contribution in [0.1, 0.15) is 75.6 Å². The highest BCUT2D eigenvalue weighted by Crippen LogP contribution is 2.65. The number of ketones is 1. The molecule has 0 radical (unpaired) electrons. The summed E-state index contributed by atoms with van der Waals surface area (Å²) in [6.45, 7) is 4.78. The van der Waals surface area contributed by atoms with Gasteiger partial charge in [0.25, 0.3) is 0 Å². The van der Waals surface area contributed by atoms with Gasteiger partial charge in [-0.2, -0.15) is 0 Å². The van der Waals surface area contributed by atoms with E-state index >= 15 is 0 Å².